The Morgan fingerprint density at radius 1 is 1.32 bits per heavy atom. The van der Waals surface area contributed by atoms with E-state index in [9.17, 15) is 20.1 Å². The van der Waals surface area contributed by atoms with Gasteiger partial charge in [0, 0.05) is 5.41 Å². The Kier molecular flexibility index (Phi) is 4.86. The first kappa shape index (κ1) is 18.6. The van der Waals surface area contributed by atoms with Crippen molar-refractivity contribution in [3.8, 4) is 0 Å². The molecule has 2 aliphatic carbocycles. The molecule has 0 aromatic rings. The van der Waals surface area contributed by atoms with Crippen LogP contribution in [0.25, 0.3) is 0 Å². The fourth-order valence-corrected chi connectivity index (χ4v) is 5.56. The van der Waals surface area contributed by atoms with Crippen LogP contribution in [0.15, 0.2) is 23.8 Å². The van der Waals surface area contributed by atoms with Crippen molar-refractivity contribution >= 4 is 5.97 Å². The van der Waals surface area contributed by atoms with Crippen LogP contribution in [0.1, 0.15) is 46.0 Å². The first-order chi connectivity index (χ1) is 11.7. The Balaban J connectivity index is 1.89. The molecular formula is C20H30O5. The number of rotatable bonds is 3. The van der Waals surface area contributed by atoms with Gasteiger partial charge in [0.25, 0.3) is 0 Å². The van der Waals surface area contributed by atoms with Crippen molar-refractivity contribution in [1.82, 2.24) is 0 Å². The summed E-state index contributed by atoms with van der Waals surface area (Å²) in [6, 6.07) is 0. The lowest BCUT2D eigenvalue weighted by atomic mass is 9.46. The highest BCUT2D eigenvalue weighted by molar-refractivity contribution is 5.91. The van der Waals surface area contributed by atoms with E-state index in [0.717, 1.165) is 24.8 Å². The molecule has 3 fully saturated rings. The van der Waals surface area contributed by atoms with Gasteiger partial charge in [0.15, 0.2) is 0 Å². The number of hydrogen-bond acceptors (Lipinski definition) is 5. The number of carbonyl (C=O) groups excluding carboxylic acids is 1. The molecular weight excluding hydrogens is 320 g/mol. The molecule has 5 heteroatoms. The Bertz CT molecular complexity index is 597. The Labute approximate surface area is 149 Å². The van der Waals surface area contributed by atoms with Gasteiger partial charge in [-0.15, -0.1) is 0 Å². The predicted molar refractivity (Wildman–Crippen MR) is 93.6 cm³/mol. The second-order valence-corrected chi connectivity index (χ2v) is 8.54. The van der Waals surface area contributed by atoms with Crippen molar-refractivity contribution in [2.75, 3.05) is 13.2 Å². The smallest absolute Gasteiger partial charge is 0.336 e. The fourth-order valence-electron chi connectivity index (χ4n) is 5.56. The molecule has 3 rings (SSSR count). The molecule has 0 radical (unpaired) electrons. The maximum atomic E-state index is 11.8. The second-order valence-electron chi connectivity index (χ2n) is 8.54. The van der Waals surface area contributed by atoms with Crippen LogP contribution in [-0.4, -0.2) is 46.7 Å². The molecule has 0 bridgehead atoms. The summed E-state index contributed by atoms with van der Waals surface area (Å²) in [6.45, 7) is 8.50. The predicted octanol–water partition coefficient (Wildman–Crippen LogP) is 1.96. The lowest BCUT2D eigenvalue weighted by Crippen LogP contribution is -2.57. The van der Waals surface area contributed by atoms with E-state index in [1.54, 1.807) is 0 Å². The molecule has 1 aliphatic heterocycles. The molecule has 0 spiro atoms. The third-order valence-electron chi connectivity index (χ3n) is 7.23. The van der Waals surface area contributed by atoms with Crippen LogP contribution in [0.3, 0.4) is 0 Å². The lowest BCUT2D eigenvalue weighted by Gasteiger charge is -2.59. The zero-order chi connectivity index (χ0) is 18.4. The van der Waals surface area contributed by atoms with E-state index in [2.05, 4.69) is 13.5 Å². The molecule has 25 heavy (non-hydrogen) atoms. The van der Waals surface area contributed by atoms with Crippen molar-refractivity contribution in [2.45, 2.75) is 58.2 Å². The molecule has 1 saturated heterocycles. The van der Waals surface area contributed by atoms with Crippen LogP contribution >= 0.6 is 0 Å². The number of hydrogen-bond donors (Lipinski definition) is 3. The quantitative estimate of drug-likeness (QED) is 0.411. The average Bonchev–Trinajstić information content (AvgIpc) is 2.89. The third kappa shape index (κ3) is 2.86. The van der Waals surface area contributed by atoms with Crippen LogP contribution in [0.4, 0.5) is 0 Å². The molecule has 0 unspecified atom stereocenters. The van der Waals surface area contributed by atoms with Crippen molar-refractivity contribution in [3.05, 3.63) is 23.8 Å². The topological polar surface area (TPSA) is 87.0 Å². The maximum Gasteiger partial charge on any atom is 0.336 e. The van der Waals surface area contributed by atoms with Gasteiger partial charge in [-0.1, -0.05) is 32.1 Å². The summed E-state index contributed by atoms with van der Waals surface area (Å²) in [6.07, 6.45) is 4.42. The first-order valence-electron chi connectivity index (χ1n) is 9.26. The second kappa shape index (κ2) is 6.53. The number of fused-ring (bicyclic) bond motifs is 1. The molecule has 1 heterocycles. The van der Waals surface area contributed by atoms with Crippen LogP contribution in [0.2, 0.25) is 0 Å². The fraction of sp³-hybridized carbons (Fsp3) is 0.750. The van der Waals surface area contributed by atoms with Gasteiger partial charge in [-0.2, -0.15) is 0 Å². The Hall–Kier alpha value is -1.17. The summed E-state index contributed by atoms with van der Waals surface area (Å²) in [4.78, 5) is 11.8. The van der Waals surface area contributed by atoms with Crippen molar-refractivity contribution < 1.29 is 24.9 Å². The monoisotopic (exact) mass is 350 g/mol. The van der Waals surface area contributed by atoms with E-state index in [-0.39, 0.29) is 30.5 Å². The minimum absolute atomic E-state index is 0.0280. The SMILES string of the molecule is C=C1CC[C@@H]2[C@](C)(CO)[C@H](O)CC[C@]2(C)[C@@H]1C/C=C1/C(=O)OC[C@@H]1O. The molecule has 5 nitrogen and oxygen atoms in total. The molecule has 0 amide bonds. The van der Waals surface area contributed by atoms with E-state index < -0.39 is 23.6 Å². The Morgan fingerprint density at radius 2 is 2.04 bits per heavy atom. The molecule has 6 atom stereocenters. The van der Waals surface area contributed by atoms with E-state index in [1.807, 2.05) is 13.0 Å². The highest BCUT2D eigenvalue weighted by Gasteiger charge is 2.57. The highest BCUT2D eigenvalue weighted by Crippen LogP contribution is 2.61. The van der Waals surface area contributed by atoms with Crippen molar-refractivity contribution in [3.63, 3.8) is 0 Å². The van der Waals surface area contributed by atoms with E-state index in [0.29, 0.717) is 18.4 Å². The van der Waals surface area contributed by atoms with Gasteiger partial charge >= 0.3 is 5.97 Å². The van der Waals surface area contributed by atoms with Crippen molar-refractivity contribution in [2.24, 2.45) is 22.7 Å². The zero-order valence-electron chi connectivity index (χ0n) is 15.2. The summed E-state index contributed by atoms with van der Waals surface area (Å²) < 4.78 is 4.90. The molecule has 3 N–H and O–H groups in total. The van der Waals surface area contributed by atoms with E-state index in [1.165, 1.54) is 0 Å². The minimum atomic E-state index is -0.844. The van der Waals surface area contributed by atoms with Crippen molar-refractivity contribution in [1.29, 1.82) is 0 Å². The summed E-state index contributed by atoms with van der Waals surface area (Å²) in [5.41, 5.74) is 0.911. The summed E-state index contributed by atoms with van der Waals surface area (Å²) in [7, 11) is 0. The van der Waals surface area contributed by atoms with Gasteiger partial charge in [-0.25, -0.2) is 4.79 Å². The van der Waals surface area contributed by atoms with Gasteiger partial charge in [-0.05, 0) is 49.4 Å². The summed E-state index contributed by atoms with van der Waals surface area (Å²) in [5, 5.41) is 30.4. The number of aliphatic hydroxyl groups excluding tert-OH is 3. The standard InChI is InChI=1S/C20H30O5/c1-12-4-7-16-19(2,9-8-17(23)20(16,3)11-21)14(12)6-5-13-15(22)10-25-18(13)24/h5,14-17,21-23H,1,4,6-11H2,2-3H3/b13-5+/t14-,15+,16+,17-,19-,20+/m1/s1. The van der Waals surface area contributed by atoms with E-state index in [4.69, 9.17) is 4.74 Å². The lowest BCUT2D eigenvalue weighted by molar-refractivity contribution is -0.151. The highest BCUT2D eigenvalue weighted by atomic mass is 16.6. The first-order valence-corrected chi connectivity index (χ1v) is 9.26. The average molecular weight is 350 g/mol. The normalized spacial score (nSPS) is 46.2. The zero-order valence-corrected chi connectivity index (χ0v) is 15.2. The molecule has 0 aromatic carbocycles. The van der Waals surface area contributed by atoms with Crippen LogP contribution < -0.4 is 0 Å². The van der Waals surface area contributed by atoms with Gasteiger partial charge < -0.3 is 20.1 Å². The van der Waals surface area contributed by atoms with Gasteiger partial charge in [-0.3, -0.25) is 0 Å². The number of aliphatic hydroxyl groups is 3. The molecule has 0 aromatic heterocycles. The molecule has 140 valence electrons. The minimum Gasteiger partial charge on any atom is -0.459 e. The van der Waals surface area contributed by atoms with Crippen LogP contribution in [0, 0.1) is 22.7 Å². The van der Waals surface area contributed by atoms with Crippen LogP contribution in [-0.2, 0) is 9.53 Å². The number of ether oxygens (including phenoxy) is 1. The third-order valence-corrected chi connectivity index (χ3v) is 7.23. The number of esters is 1. The van der Waals surface area contributed by atoms with Gasteiger partial charge in [0.05, 0.1) is 18.3 Å². The molecule has 2 saturated carbocycles. The van der Waals surface area contributed by atoms with Gasteiger partial charge in [0.2, 0.25) is 0 Å². The van der Waals surface area contributed by atoms with E-state index >= 15 is 0 Å². The molecule has 3 aliphatic rings. The van der Waals surface area contributed by atoms with Gasteiger partial charge in [0.1, 0.15) is 12.7 Å². The number of allylic oxidation sites excluding steroid dienone is 2. The number of cyclic esters (lactones) is 1. The Morgan fingerprint density at radius 3 is 2.64 bits per heavy atom. The maximum absolute atomic E-state index is 11.8. The largest absolute Gasteiger partial charge is 0.459 e. The summed E-state index contributed by atoms with van der Waals surface area (Å²) >= 11 is 0. The number of carbonyl (C=O) groups is 1. The van der Waals surface area contributed by atoms with Crippen LogP contribution in [0.5, 0.6) is 0 Å². The summed E-state index contributed by atoms with van der Waals surface area (Å²) in [5.74, 6) is -0.0734.